The Labute approximate surface area is 178 Å². The first kappa shape index (κ1) is 19.4. The zero-order chi connectivity index (χ0) is 21.4. The first-order chi connectivity index (χ1) is 15.1. The highest BCUT2D eigenvalue weighted by Gasteiger charge is 2.27. The lowest BCUT2D eigenvalue weighted by molar-refractivity contribution is 0.0622. The van der Waals surface area contributed by atoms with Crippen molar-refractivity contribution in [1.29, 1.82) is 0 Å². The number of hydrogen-bond donors (Lipinski definition) is 0. The second-order valence-electron chi connectivity index (χ2n) is 7.68. The highest BCUT2D eigenvalue weighted by atomic mass is 19.1. The van der Waals surface area contributed by atoms with Crippen LogP contribution in [0.15, 0.2) is 57.7 Å². The molecule has 4 aromatic rings. The summed E-state index contributed by atoms with van der Waals surface area (Å²) in [6.45, 7) is 5.28. The summed E-state index contributed by atoms with van der Waals surface area (Å²) in [6.07, 6.45) is 1.67. The van der Waals surface area contributed by atoms with Crippen LogP contribution in [0.25, 0.3) is 22.4 Å². The van der Waals surface area contributed by atoms with Crippen LogP contribution in [0.3, 0.4) is 0 Å². The summed E-state index contributed by atoms with van der Waals surface area (Å²) >= 11 is 0. The summed E-state index contributed by atoms with van der Waals surface area (Å²) in [4.78, 5) is 22.0. The van der Waals surface area contributed by atoms with E-state index in [0.717, 1.165) is 25.4 Å². The molecule has 1 saturated heterocycles. The monoisotopic (exact) mass is 420 g/mol. The maximum atomic E-state index is 13.5. The molecule has 1 amide bonds. The molecule has 1 fully saturated rings. The van der Waals surface area contributed by atoms with Crippen molar-refractivity contribution < 1.29 is 18.1 Å². The van der Waals surface area contributed by atoms with Gasteiger partial charge in [-0.1, -0.05) is 5.16 Å². The normalized spacial score (nSPS) is 15.0. The molecule has 8 heteroatoms. The molecule has 0 atom stereocenters. The lowest BCUT2D eigenvalue weighted by atomic mass is 10.0. The van der Waals surface area contributed by atoms with Gasteiger partial charge < -0.3 is 13.8 Å². The van der Waals surface area contributed by atoms with Gasteiger partial charge in [-0.2, -0.15) is 0 Å². The van der Waals surface area contributed by atoms with E-state index in [1.54, 1.807) is 24.5 Å². The highest BCUT2D eigenvalue weighted by Crippen LogP contribution is 2.31. The number of pyridine rings is 1. The van der Waals surface area contributed by atoms with E-state index >= 15 is 0 Å². The molecule has 0 spiro atoms. The average Bonchev–Trinajstić information content (AvgIpc) is 3.44. The van der Waals surface area contributed by atoms with Crippen molar-refractivity contribution in [2.75, 3.05) is 26.2 Å². The number of carbonyl (C=O) groups is 1. The number of nitrogens with zero attached hydrogens (tertiary/aromatic N) is 4. The van der Waals surface area contributed by atoms with E-state index in [2.05, 4.69) is 15.0 Å². The SMILES string of the molecule is Cc1cc(C(=O)N2CCN(Cc3ccco3)CC2)c2c(-c3ccc(F)cc3)noc2n1. The third kappa shape index (κ3) is 3.82. The van der Waals surface area contributed by atoms with Crippen molar-refractivity contribution in [1.82, 2.24) is 19.9 Å². The molecule has 3 aromatic heterocycles. The number of piperazine rings is 1. The number of hydrogen-bond acceptors (Lipinski definition) is 6. The Bertz CT molecular complexity index is 1210. The first-order valence-corrected chi connectivity index (χ1v) is 10.2. The van der Waals surface area contributed by atoms with Crippen LogP contribution in [-0.2, 0) is 6.54 Å². The lowest BCUT2D eigenvalue weighted by Gasteiger charge is -2.34. The minimum Gasteiger partial charge on any atom is -0.468 e. The van der Waals surface area contributed by atoms with Gasteiger partial charge in [-0.25, -0.2) is 9.37 Å². The molecular weight excluding hydrogens is 399 g/mol. The Morgan fingerprint density at radius 2 is 1.90 bits per heavy atom. The number of aromatic nitrogens is 2. The zero-order valence-electron chi connectivity index (χ0n) is 17.0. The molecule has 4 heterocycles. The third-order valence-electron chi connectivity index (χ3n) is 5.54. The van der Waals surface area contributed by atoms with Crippen molar-refractivity contribution in [3.05, 3.63) is 71.6 Å². The summed E-state index contributed by atoms with van der Waals surface area (Å²) in [7, 11) is 0. The van der Waals surface area contributed by atoms with Gasteiger partial charge in [-0.3, -0.25) is 9.69 Å². The van der Waals surface area contributed by atoms with E-state index in [-0.39, 0.29) is 11.7 Å². The van der Waals surface area contributed by atoms with E-state index in [9.17, 15) is 9.18 Å². The third-order valence-corrected chi connectivity index (χ3v) is 5.54. The van der Waals surface area contributed by atoms with E-state index < -0.39 is 0 Å². The van der Waals surface area contributed by atoms with Crippen LogP contribution in [0, 0.1) is 12.7 Å². The number of amides is 1. The predicted octanol–water partition coefficient (Wildman–Crippen LogP) is 3.89. The lowest BCUT2D eigenvalue weighted by Crippen LogP contribution is -2.48. The molecule has 0 bridgehead atoms. The maximum absolute atomic E-state index is 13.5. The van der Waals surface area contributed by atoms with Crippen molar-refractivity contribution in [2.24, 2.45) is 0 Å². The van der Waals surface area contributed by atoms with Gasteiger partial charge in [0, 0.05) is 37.4 Å². The number of carbonyl (C=O) groups excluding carboxylic acids is 1. The molecule has 0 aliphatic carbocycles. The van der Waals surface area contributed by atoms with Gasteiger partial charge in [-0.05, 0) is 49.4 Å². The number of furan rings is 1. The molecule has 1 aromatic carbocycles. The number of halogens is 1. The minimum absolute atomic E-state index is 0.0836. The summed E-state index contributed by atoms with van der Waals surface area (Å²) < 4.78 is 24.2. The fourth-order valence-corrected chi connectivity index (χ4v) is 3.95. The Kier molecular flexibility index (Phi) is 4.99. The predicted molar refractivity (Wildman–Crippen MR) is 112 cm³/mol. The number of fused-ring (bicyclic) bond motifs is 1. The van der Waals surface area contributed by atoms with E-state index in [1.165, 1.54) is 12.1 Å². The highest BCUT2D eigenvalue weighted by molar-refractivity contribution is 6.09. The Balaban J connectivity index is 1.42. The Morgan fingerprint density at radius 3 is 2.61 bits per heavy atom. The molecule has 5 rings (SSSR count). The quantitative estimate of drug-likeness (QED) is 0.499. The van der Waals surface area contributed by atoms with Crippen LogP contribution < -0.4 is 0 Å². The van der Waals surface area contributed by atoms with Crippen molar-refractivity contribution in [3.63, 3.8) is 0 Å². The van der Waals surface area contributed by atoms with Crippen LogP contribution in [-0.4, -0.2) is 52.0 Å². The smallest absolute Gasteiger partial charge is 0.259 e. The maximum Gasteiger partial charge on any atom is 0.259 e. The number of benzene rings is 1. The molecule has 0 radical (unpaired) electrons. The summed E-state index contributed by atoms with van der Waals surface area (Å²) in [5.41, 5.74) is 2.64. The Morgan fingerprint density at radius 1 is 1.13 bits per heavy atom. The Hall–Kier alpha value is -3.52. The van der Waals surface area contributed by atoms with Gasteiger partial charge in [0.15, 0.2) is 0 Å². The molecule has 31 heavy (non-hydrogen) atoms. The summed E-state index contributed by atoms with van der Waals surface area (Å²) in [6, 6.07) is 11.6. The zero-order valence-corrected chi connectivity index (χ0v) is 17.0. The summed E-state index contributed by atoms with van der Waals surface area (Å²) in [5.74, 6) is 0.494. The summed E-state index contributed by atoms with van der Waals surface area (Å²) in [5, 5.41) is 4.68. The van der Waals surface area contributed by atoms with Crippen molar-refractivity contribution >= 4 is 17.0 Å². The molecular formula is C23H21FN4O3. The van der Waals surface area contributed by atoms with Gasteiger partial charge >= 0.3 is 0 Å². The van der Waals surface area contributed by atoms with E-state index in [4.69, 9.17) is 8.94 Å². The van der Waals surface area contributed by atoms with Gasteiger partial charge in [0.05, 0.1) is 23.8 Å². The molecule has 0 saturated carbocycles. The molecule has 1 aliphatic heterocycles. The molecule has 0 unspecified atom stereocenters. The second-order valence-corrected chi connectivity index (χ2v) is 7.68. The van der Waals surface area contributed by atoms with Crippen LogP contribution in [0.5, 0.6) is 0 Å². The van der Waals surface area contributed by atoms with Crippen molar-refractivity contribution in [2.45, 2.75) is 13.5 Å². The molecule has 0 N–H and O–H groups in total. The number of rotatable bonds is 4. The fourth-order valence-electron chi connectivity index (χ4n) is 3.95. The van der Waals surface area contributed by atoms with Gasteiger partial charge in [0.1, 0.15) is 17.3 Å². The topological polar surface area (TPSA) is 75.6 Å². The van der Waals surface area contributed by atoms with Crippen LogP contribution in [0.2, 0.25) is 0 Å². The van der Waals surface area contributed by atoms with Gasteiger partial charge in [-0.15, -0.1) is 0 Å². The van der Waals surface area contributed by atoms with Gasteiger partial charge in [0.2, 0.25) is 0 Å². The van der Waals surface area contributed by atoms with E-state index in [0.29, 0.717) is 46.7 Å². The van der Waals surface area contributed by atoms with Gasteiger partial charge in [0.25, 0.3) is 11.6 Å². The van der Waals surface area contributed by atoms with E-state index in [1.807, 2.05) is 24.0 Å². The van der Waals surface area contributed by atoms with Crippen LogP contribution >= 0.6 is 0 Å². The molecule has 1 aliphatic rings. The van der Waals surface area contributed by atoms with Crippen LogP contribution in [0.1, 0.15) is 21.8 Å². The molecule has 158 valence electrons. The average molecular weight is 420 g/mol. The standard InChI is InChI=1S/C23H21FN4O3/c1-15-13-19(20-21(26-31-22(20)25-15)16-4-6-17(24)7-5-16)23(29)28-10-8-27(9-11-28)14-18-3-2-12-30-18/h2-7,12-13H,8-11,14H2,1H3. The van der Waals surface area contributed by atoms with Crippen molar-refractivity contribution in [3.8, 4) is 11.3 Å². The number of aryl methyl sites for hydroxylation is 1. The minimum atomic E-state index is -0.339. The van der Waals surface area contributed by atoms with Crippen LogP contribution in [0.4, 0.5) is 4.39 Å². The second kappa shape index (κ2) is 7.96. The fraction of sp³-hybridized carbons (Fsp3) is 0.261. The first-order valence-electron chi connectivity index (χ1n) is 10.2. The molecule has 7 nitrogen and oxygen atoms in total. The largest absolute Gasteiger partial charge is 0.468 e.